The summed E-state index contributed by atoms with van der Waals surface area (Å²) < 4.78 is 0. The highest BCUT2D eigenvalue weighted by Crippen LogP contribution is 2.01. The number of unbranched alkanes of at least 4 members (excludes halogenated alkanes) is 3. The number of guanidine groups is 1. The van der Waals surface area contributed by atoms with Crippen LogP contribution in [0.1, 0.15) is 32.1 Å². The van der Waals surface area contributed by atoms with E-state index in [1.54, 1.807) is 0 Å². The Bertz CT molecular complexity index is 229. The first-order valence-corrected chi connectivity index (χ1v) is 8.17. The van der Waals surface area contributed by atoms with Crippen molar-refractivity contribution in [2.45, 2.75) is 32.1 Å². The van der Waals surface area contributed by atoms with Crippen LogP contribution in [0.15, 0.2) is 17.6 Å². The molecular formula is C14H29N3S. The van der Waals surface area contributed by atoms with Crippen LogP contribution in [0.4, 0.5) is 0 Å². The first-order chi connectivity index (χ1) is 8.76. The van der Waals surface area contributed by atoms with Gasteiger partial charge in [-0.1, -0.05) is 12.5 Å². The fraction of sp³-hybridized carbons (Fsp3) is 0.786. The SMILES string of the molecule is C=CCCCCCN(C)C(=NC)NCCCSC. The molecule has 0 rings (SSSR count). The van der Waals surface area contributed by atoms with Crippen LogP contribution < -0.4 is 5.32 Å². The van der Waals surface area contributed by atoms with Crippen LogP contribution in [-0.2, 0) is 0 Å². The zero-order valence-electron chi connectivity index (χ0n) is 12.2. The summed E-state index contributed by atoms with van der Waals surface area (Å²) in [4.78, 5) is 6.52. The lowest BCUT2D eigenvalue weighted by Crippen LogP contribution is -2.39. The summed E-state index contributed by atoms with van der Waals surface area (Å²) in [6.45, 7) is 5.82. The van der Waals surface area contributed by atoms with Crippen LogP contribution in [0.2, 0.25) is 0 Å². The fourth-order valence-electron chi connectivity index (χ4n) is 1.72. The topological polar surface area (TPSA) is 27.6 Å². The molecule has 0 amide bonds. The number of nitrogens with one attached hydrogen (secondary N) is 1. The predicted octanol–water partition coefficient (Wildman–Crippen LogP) is 2.99. The summed E-state index contributed by atoms with van der Waals surface area (Å²) in [5.41, 5.74) is 0. The maximum atomic E-state index is 4.31. The van der Waals surface area contributed by atoms with Crippen LogP contribution in [-0.4, -0.2) is 50.1 Å². The van der Waals surface area contributed by atoms with E-state index in [-0.39, 0.29) is 0 Å². The first-order valence-electron chi connectivity index (χ1n) is 6.77. The second kappa shape index (κ2) is 12.8. The Morgan fingerprint density at radius 1 is 1.33 bits per heavy atom. The lowest BCUT2D eigenvalue weighted by atomic mass is 10.2. The molecule has 0 aliphatic heterocycles. The molecule has 0 atom stereocenters. The number of thioether (sulfide) groups is 1. The van der Waals surface area contributed by atoms with Gasteiger partial charge in [-0.15, -0.1) is 6.58 Å². The van der Waals surface area contributed by atoms with Crippen molar-refractivity contribution in [3.05, 3.63) is 12.7 Å². The highest BCUT2D eigenvalue weighted by atomic mass is 32.2. The zero-order valence-corrected chi connectivity index (χ0v) is 13.1. The van der Waals surface area contributed by atoms with Gasteiger partial charge in [-0.25, -0.2) is 0 Å². The zero-order chi connectivity index (χ0) is 13.6. The lowest BCUT2D eigenvalue weighted by Gasteiger charge is -2.22. The summed E-state index contributed by atoms with van der Waals surface area (Å²) in [5, 5.41) is 3.40. The minimum Gasteiger partial charge on any atom is -0.356 e. The number of allylic oxidation sites excluding steroid dienone is 1. The maximum absolute atomic E-state index is 4.31. The van der Waals surface area contributed by atoms with Gasteiger partial charge in [0, 0.05) is 27.2 Å². The van der Waals surface area contributed by atoms with Crippen molar-refractivity contribution in [2.75, 3.05) is 39.2 Å². The number of aliphatic imine (C=N–C) groups is 1. The molecule has 106 valence electrons. The van der Waals surface area contributed by atoms with Gasteiger partial charge in [-0.2, -0.15) is 11.8 Å². The molecular weight excluding hydrogens is 242 g/mol. The summed E-state index contributed by atoms with van der Waals surface area (Å²) in [5.74, 6) is 2.22. The van der Waals surface area contributed by atoms with Crippen LogP contribution >= 0.6 is 11.8 Å². The third kappa shape index (κ3) is 9.40. The van der Waals surface area contributed by atoms with E-state index >= 15 is 0 Å². The number of hydrogen-bond donors (Lipinski definition) is 1. The summed E-state index contributed by atoms with van der Waals surface area (Å²) in [6.07, 6.45) is 10.2. The van der Waals surface area contributed by atoms with Gasteiger partial charge in [0.05, 0.1) is 0 Å². The van der Waals surface area contributed by atoms with Gasteiger partial charge >= 0.3 is 0 Å². The Kier molecular flexibility index (Phi) is 12.4. The van der Waals surface area contributed by atoms with Gasteiger partial charge in [0.15, 0.2) is 5.96 Å². The van der Waals surface area contributed by atoms with E-state index in [0.29, 0.717) is 0 Å². The van der Waals surface area contributed by atoms with Crippen LogP contribution in [0.5, 0.6) is 0 Å². The molecule has 0 bridgehead atoms. The molecule has 4 heteroatoms. The minimum atomic E-state index is 1.01. The molecule has 0 aromatic heterocycles. The average Bonchev–Trinajstić information content (AvgIpc) is 2.38. The van der Waals surface area contributed by atoms with E-state index in [1.165, 1.54) is 31.4 Å². The van der Waals surface area contributed by atoms with E-state index in [4.69, 9.17) is 0 Å². The van der Waals surface area contributed by atoms with Crippen molar-refractivity contribution in [1.82, 2.24) is 10.2 Å². The highest BCUT2D eigenvalue weighted by molar-refractivity contribution is 7.98. The maximum Gasteiger partial charge on any atom is 0.193 e. The van der Waals surface area contributed by atoms with Gasteiger partial charge in [0.25, 0.3) is 0 Å². The molecule has 0 aliphatic rings. The normalized spacial score (nSPS) is 11.4. The van der Waals surface area contributed by atoms with Crippen molar-refractivity contribution < 1.29 is 0 Å². The molecule has 0 heterocycles. The van der Waals surface area contributed by atoms with Gasteiger partial charge in [0.1, 0.15) is 0 Å². The molecule has 0 aromatic rings. The Morgan fingerprint density at radius 2 is 2.11 bits per heavy atom. The summed E-state index contributed by atoms with van der Waals surface area (Å²) >= 11 is 1.89. The van der Waals surface area contributed by atoms with E-state index in [0.717, 1.165) is 25.5 Å². The number of hydrogen-bond acceptors (Lipinski definition) is 2. The van der Waals surface area contributed by atoms with E-state index in [2.05, 4.69) is 35.1 Å². The third-order valence-corrected chi connectivity index (χ3v) is 3.48. The fourth-order valence-corrected chi connectivity index (χ4v) is 2.15. The summed E-state index contributed by atoms with van der Waals surface area (Å²) in [6, 6.07) is 0. The van der Waals surface area contributed by atoms with Crippen LogP contribution in [0, 0.1) is 0 Å². The molecule has 18 heavy (non-hydrogen) atoms. The lowest BCUT2D eigenvalue weighted by molar-refractivity contribution is 0.455. The number of nitrogens with zero attached hydrogens (tertiary/aromatic N) is 2. The smallest absolute Gasteiger partial charge is 0.193 e. The van der Waals surface area contributed by atoms with E-state index < -0.39 is 0 Å². The average molecular weight is 271 g/mol. The third-order valence-electron chi connectivity index (χ3n) is 2.78. The largest absolute Gasteiger partial charge is 0.356 e. The standard InChI is InChI=1S/C14H29N3S/c1-5-6-7-8-9-12-17(3)14(15-2)16-11-10-13-18-4/h5H,1,6-13H2,2-4H3,(H,15,16). The molecule has 1 N–H and O–H groups in total. The van der Waals surface area contributed by atoms with Crippen LogP contribution in [0.3, 0.4) is 0 Å². The van der Waals surface area contributed by atoms with E-state index in [1.807, 2.05) is 24.9 Å². The molecule has 0 aromatic carbocycles. The van der Waals surface area contributed by atoms with Gasteiger partial charge in [-0.3, -0.25) is 4.99 Å². The van der Waals surface area contributed by atoms with Crippen molar-refractivity contribution in [2.24, 2.45) is 4.99 Å². The van der Waals surface area contributed by atoms with Gasteiger partial charge < -0.3 is 10.2 Å². The Morgan fingerprint density at radius 3 is 2.72 bits per heavy atom. The second-order valence-corrected chi connectivity index (χ2v) is 5.37. The van der Waals surface area contributed by atoms with Crippen molar-refractivity contribution >= 4 is 17.7 Å². The quantitative estimate of drug-likeness (QED) is 0.286. The predicted molar refractivity (Wildman–Crippen MR) is 85.7 cm³/mol. The van der Waals surface area contributed by atoms with Crippen molar-refractivity contribution in [3.8, 4) is 0 Å². The monoisotopic (exact) mass is 271 g/mol. The molecule has 0 saturated carbocycles. The summed E-state index contributed by atoms with van der Waals surface area (Å²) in [7, 11) is 3.96. The van der Waals surface area contributed by atoms with E-state index in [9.17, 15) is 0 Å². The molecule has 0 saturated heterocycles. The van der Waals surface area contributed by atoms with Gasteiger partial charge in [0.2, 0.25) is 0 Å². The molecule has 3 nitrogen and oxygen atoms in total. The van der Waals surface area contributed by atoms with Gasteiger partial charge in [-0.05, 0) is 37.7 Å². The number of rotatable bonds is 10. The molecule has 0 unspecified atom stereocenters. The van der Waals surface area contributed by atoms with Crippen molar-refractivity contribution in [1.29, 1.82) is 0 Å². The molecule has 0 spiro atoms. The minimum absolute atomic E-state index is 1.01. The second-order valence-electron chi connectivity index (χ2n) is 4.38. The Labute approximate surface area is 117 Å². The van der Waals surface area contributed by atoms with Crippen molar-refractivity contribution in [3.63, 3.8) is 0 Å². The molecule has 0 aliphatic carbocycles. The molecule has 0 radical (unpaired) electrons. The first kappa shape index (κ1) is 17.4. The molecule has 0 fully saturated rings. The van der Waals surface area contributed by atoms with Crippen LogP contribution in [0.25, 0.3) is 0 Å². The Balaban J connectivity index is 3.68. The Hall–Kier alpha value is -0.640. The highest BCUT2D eigenvalue weighted by Gasteiger charge is 2.04.